The molecule has 6 heteroatoms. The Morgan fingerprint density at radius 2 is 1.88 bits per heavy atom. The van der Waals surface area contributed by atoms with Crippen molar-refractivity contribution in [3.63, 3.8) is 0 Å². The van der Waals surface area contributed by atoms with Gasteiger partial charge in [-0.15, -0.1) is 0 Å². The maximum absolute atomic E-state index is 11.7. The summed E-state index contributed by atoms with van der Waals surface area (Å²) in [6.45, 7) is 7.67. The fourth-order valence-electron chi connectivity index (χ4n) is 1.23. The molecule has 1 unspecified atom stereocenters. The highest BCUT2D eigenvalue weighted by Gasteiger charge is 2.21. The van der Waals surface area contributed by atoms with Crippen molar-refractivity contribution in [2.45, 2.75) is 53.0 Å². The standard InChI is InChI=1S/C11H23NO4S/c1-5-9(8-10(13)14)12-17(15,16)7-6-11(2,3)4/h9,12H,5-8H2,1-4H3,(H,13,14). The molecule has 0 saturated heterocycles. The molecule has 0 heterocycles. The number of carboxylic acid groups (broad SMARTS) is 1. The highest BCUT2D eigenvalue weighted by molar-refractivity contribution is 7.89. The zero-order chi connectivity index (χ0) is 13.7. The van der Waals surface area contributed by atoms with Crippen LogP contribution in [0.5, 0.6) is 0 Å². The Labute approximate surface area is 104 Å². The fourth-order valence-corrected chi connectivity index (χ4v) is 2.99. The van der Waals surface area contributed by atoms with Gasteiger partial charge in [-0.3, -0.25) is 4.79 Å². The van der Waals surface area contributed by atoms with Crippen LogP contribution in [-0.4, -0.2) is 31.3 Å². The largest absolute Gasteiger partial charge is 0.481 e. The number of carboxylic acids is 1. The molecule has 0 aliphatic rings. The molecule has 0 fully saturated rings. The second-order valence-electron chi connectivity index (χ2n) is 5.45. The van der Waals surface area contributed by atoms with Gasteiger partial charge in [0.15, 0.2) is 0 Å². The maximum Gasteiger partial charge on any atom is 0.304 e. The van der Waals surface area contributed by atoms with Crippen LogP contribution in [0.15, 0.2) is 0 Å². The van der Waals surface area contributed by atoms with E-state index in [0.717, 1.165) is 0 Å². The van der Waals surface area contributed by atoms with Crippen LogP contribution < -0.4 is 4.72 Å². The Hall–Kier alpha value is -0.620. The number of hydrogen-bond donors (Lipinski definition) is 2. The molecule has 0 bridgehead atoms. The lowest BCUT2D eigenvalue weighted by Crippen LogP contribution is -2.38. The molecule has 1 atom stereocenters. The molecular weight excluding hydrogens is 242 g/mol. The quantitative estimate of drug-likeness (QED) is 0.732. The van der Waals surface area contributed by atoms with Crippen molar-refractivity contribution in [2.24, 2.45) is 5.41 Å². The van der Waals surface area contributed by atoms with Crippen LogP contribution in [-0.2, 0) is 14.8 Å². The Balaban J connectivity index is 4.37. The molecule has 0 aliphatic carbocycles. The molecule has 2 N–H and O–H groups in total. The summed E-state index contributed by atoms with van der Waals surface area (Å²) in [4.78, 5) is 10.5. The van der Waals surface area contributed by atoms with Gasteiger partial charge >= 0.3 is 5.97 Å². The van der Waals surface area contributed by atoms with Crippen molar-refractivity contribution in [1.29, 1.82) is 0 Å². The smallest absolute Gasteiger partial charge is 0.304 e. The zero-order valence-electron chi connectivity index (χ0n) is 11.0. The third-order valence-electron chi connectivity index (χ3n) is 2.38. The zero-order valence-corrected chi connectivity index (χ0v) is 11.8. The van der Waals surface area contributed by atoms with Crippen LogP contribution >= 0.6 is 0 Å². The summed E-state index contributed by atoms with van der Waals surface area (Å²) in [6, 6.07) is -0.516. The number of carbonyl (C=O) groups is 1. The molecule has 0 amide bonds. The second kappa shape index (κ2) is 6.35. The monoisotopic (exact) mass is 265 g/mol. The minimum Gasteiger partial charge on any atom is -0.481 e. The summed E-state index contributed by atoms with van der Waals surface area (Å²) >= 11 is 0. The third kappa shape index (κ3) is 9.12. The molecule has 0 aromatic carbocycles. The van der Waals surface area contributed by atoms with Crippen LogP contribution in [0.1, 0.15) is 47.0 Å². The lowest BCUT2D eigenvalue weighted by molar-refractivity contribution is -0.137. The topological polar surface area (TPSA) is 83.5 Å². The van der Waals surface area contributed by atoms with E-state index in [0.29, 0.717) is 12.8 Å². The highest BCUT2D eigenvalue weighted by Crippen LogP contribution is 2.19. The molecule has 0 aromatic heterocycles. The first-order valence-corrected chi connectivity index (χ1v) is 7.43. The minimum atomic E-state index is -3.39. The van der Waals surface area contributed by atoms with Crippen LogP contribution in [0.25, 0.3) is 0 Å². The molecule has 5 nitrogen and oxygen atoms in total. The summed E-state index contributed by atoms with van der Waals surface area (Å²) in [5.74, 6) is -0.956. The number of aliphatic carboxylic acids is 1. The lowest BCUT2D eigenvalue weighted by atomic mass is 9.94. The van der Waals surface area contributed by atoms with E-state index < -0.39 is 22.0 Å². The number of sulfonamides is 1. The molecule has 102 valence electrons. The molecule has 0 aliphatic heterocycles. The van der Waals surface area contributed by atoms with E-state index in [9.17, 15) is 13.2 Å². The Morgan fingerprint density at radius 3 is 2.24 bits per heavy atom. The highest BCUT2D eigenvalue weighted by atomic mass is 32.2. The predicted molar refractivity (Wildman–Crippen MR) is 67.3 cm³/mol. The van der Waals surface area contributed by atoms with Gasteiger partial charge in [0.05, 0.1) is 12.2 Å². The van der Waals surface area contributed by atoms with Crippen molar-refractivity contribution in [2.75, 3.05) is 5.75 Å². The van der Waals surface area contributed by atoms with Gasteiger partial charge in [0.25, 0.3) is 0 Å². The molecule has 0 saturated carbocycles. The van der Waals surface area contributed by atoms with E-state index >= 15 is 0 Å². The molecule has 0 rings (SSSR count). The van der Waals surface area contributed by atoms with Gasteiger partial charge in [-0.2, -0.15) is 0 Å². The van der Waals surface area contributed by atoms with Crippen molar-refractivity contribution in [3.05, 3.63) is 0 Å². The lowest BCUT2D eigenvalue weighted by Gasteiger charge is -2.20. The van der Waals surface area contributed by atoms with Crippen molar-refractivity contribution in [1.82, 2.24) is 4.72 Å². The first kappa shape index (κ1) is 16.4. The summed E-state index contributed by atoms with van der Waals surface area (Å²) in [7, 11) is -3.39. The maximum atomic E-state index is 11.7. The molecule has 17 heavy (non-hydrogen) atoms. The Bertz CT molecular complexity index is 343. The Kier molecular flexibility index (Phi) is 6.12. The molecule has 0 radical (unpaired) electrons. The number of rotatable bonds is 7. The third-order valence-corrected chi connectivity index (χ3v) is 3.81. The summed E-state index contributed by atoms with van der Waals surface area (Å²) in [6.07, 6.45) is 0.845. The van der Waals surface area contributed by atoms with E-state index in [1.807, 2.05) is 20.8 Å². The van der Waals surface area contributed by atoms with Crippen LogP contribution in [0.2, 0.25) is 0 Å². The Morgan fingerprint density at radius 1 is 1.35 bits per heavy atom. The molecule has 0 aromatic rings. The van der Waals surface area contributed by atoms with Gasteiger partial charge in [-0.05, 0) is 18.3 Å². The predicted octanol–water partition coefficient (Wildman–Crippen LogP) is 1.60. The first-order chi connectivity index (χ1) is 7.56. The summed E-state index contributed by atoms with van der Waals surface area (Å²) < 4.78 is 25.9. The molecular formula is C11H23NO4S. The van der Waals surface area contributed by atoms with E-state index in [1.165, 1.54) is 0 Å². The van der Waals surface area contributed by atoms with E-state index in [4.69, 9.17) is 5.11 Å². The van der Waals surface area contributed by atoms with Gasteiger partial charge in [0, 0.05) is 6.04 Å². The number of nitrogens with one attached hydrogen (secondary N) is 1. The average molecular weight is 265 g/mol. The minimum absolute atomic E-state index is 0.0343. The van der Waals surface area contributed by atoms with Crippen molar-refractivity contribution >= 4 is 16.0 Å². The SMILES string of the molecule is CCC(CC(=O)O)NS(=O)(=O)CCC(C)(C)C. The number of hydrogen-bond acceptors (Lipinski definition) is 3. The fraction of sp³-hybridized carbons (Fsp3) is 0.909. The van der Waals surface area contributed by atoms with Crippen molar-refractivity contribution in [3.8, 4) is 0 Å². The van der Waals surface area contributed by atoms with Crippen LogP contribution in [0, 0.1) is 5.41 Å². The van der Waals surface area contributed by atoms with E-state index in [1.54, 1.807) is 6.92 Å². The van der Waals surface area contributed by atoms with Gasteiger partial charge < -0.3 is 5.11 Å². The second-order valence-corrected chi connectivity index (χ2v) is 7.32. The first-order valence-electron chi connectivity index (χ1n) is 5.77. The molecule has 0 spiro atoms. The van der Waals surface area contributed by atoms with Gasteiger partial charge in [0.2, 0.25) is 10.0 Å². The van der Waals surface area contributed by atoms with Crippen LogP contribution in [0.3, 0.4) is 0 Å². The van der Waals surface area contributed by atoms with E-state index in [-0.39, 0.29) is 17.6 Å². The normalized spacial score (nSPS) is 14.6. The van der Waals surface area contributed by atoms with Gasteiger partial charge in [0.1, 0.15) is 0 Å². The van der Waals surface area contributed by atoms with Gasteiger partial charge in [-0.25, -0.2) is 13.1 Å². The average Bonchev–Trinajstić information content (AvgIpc) is 2.12. The van der Waals surface area contributed by atoms with Crippen molar-refractivity contribution < 1.29 is 18.3 Å². The van der Waals surface area contributed by atoms with Crippen LogP contribution in [0.4, 0.5) is 0 Å². The summed E-state index contributed by atoms with van der Waals surface area (Å²) in [5.41, 5.74) is -0.0523. The van der Waals surface area contributed by atoms with Gasteiger partial charge in [-0.1, -0.05) is 27.7 Å². The summed E-state index contributed by atoms with van der Waals surface area (Å²) in [5, 5.41) is 8.64. The van der Waals surface area contributed by atoms with E-state index in [2.05, 4.69) is 4.72 Å².